The number of carbonyl (C=O) groups is 2. The smallest absolute Gasteiger partial charge is 0.341 e. The Morgan fingerprint density at radius 2 is 1.89 bits per heavy atom. The lowest BCUT2D eigenvalue weighted by Gasteiger charge is -2.15. The van der Waals surface area contributed by atoms with E-state index in [0.29, 0.717) is 28.1 Å². The molecular weight excluding hydrogens is 496 g/mol. The third-order valence-electron chi connectivity index (χ3n) is 6.13. The molecule has 1 aliphatic carbocycles. The molecule has 1 amide bonds. The molecule has 36 heavy (non-hydrogen) atoms. The minimum atomic E-state index is -0.390. The highest BCUT2D eigenvalue weighted by Gasteiger charge is 2.26. The number of carbonyl (C=O) groups excluding carboxylic acids is 2. The zero-order chi connectivity index (χ0) is 25.5. The van der Waals surface area contributed by atoms with Crippen molar-refractivity contribution in [3.63, 3.8) is 0 Å². The molecule has 0 bridgehead atoms. The monoisotopic (exact) mass is 528 g/mol. The normalized spacial score (nSPS) is 14.3. The van der Waals surface area contributed by atoms with Gasteiger partial charge in [0.1, 0.15) is 10.8 Å². The second kappa shape index (κ2) is 12.4. The summed E-state index contributed by atoms with van der Waals surface area (Å²) < 4.78 is 13.0. The summed E-state index contributed by atoms with van der Waals surface area (Å²) in [6, 6.07) is 9.58. The Morgan fingerprint density at radius 1 is 1.14 bits per heavy atom. The number of para-hydroxylation sites is 1. The maximum atomic E-state index is 12.9. The molecule has 1 aromatic carbocycles. The topological polar surface area (TPSA) is 95.3 Å². The van der Waals surface area contributed by atoms with E-state index in [-0.39, 0.29) is 17.8 Å². The summed E-state index contributed by atoms with van der Waals surface area (Å²) in [7, 11) is 1.38. The number of amides is 1. The van der Waals surface area contributed by atoms with E-state index in [9.17, 15) is 9.59 Å². The highest BCUT2D eigenvalue weighted by molar-refractivity contribution is 7.99. The number of esters is 1. The molecule has 1 unspecified atom stereocenters. The van der Waals surface area contributed by atoms with Gasteiger partial charge in [-0.3, -0.25) is 4.79 Å². The van der Waals surface area contributed by atoms with Crippen LogP contribution in [0, 0.1) is 0 Å². The van der Waals surface area contributed by atoms with E-state index in [1.54, 1.807) is 0 Å². The number of hydrogen-bond donors (Lipinski definition) is 1. The standard InChI is InChI=1S/C26H32N4O4S2/c1-4-30-23(17(2)34-18-12-8-7-9-13-18)28-29-26(30)35-16-21(31)27-24-22(25(32)33-3)19-14-10-5-6-11-15-20(19)36-24/h7-9,12-13,17H,4-6,10-11,14-16H2,1-3H3,(H,27,31). The summed E-state index contributed by atoms with van der Waals surface area (Å²) in [6.07, 6.45) is 5.96. The van der Waals surface area contributed by atoms with Crippen LogP contribution in [0.1, 0.15) is 72.3 Å². The fourth-order valence-corrected chi connectivity index (χ4v) is 6.48. The average molecular weight is 529 g/mol. The third kappa shape index (κ3) is 6.10. The van der Waals surface area contributed by atoms with Crippen LogP contribution in [0.4, 0.5) is 5.00 Å². The quantitative estimate of drug-likeness (QED) is 0.282. The molecule has 1 aliphatic rings. The number of methoxy groups -OCH3 is 1. The van der Waals surface area contributed by atoms with Crippen molar-refractivity contribution in [2.75, 3.05) is 18.2 Å². The van der Waals surface area contributed by atoms with Crippen LogP contribution in [0.2, 0.25) is 0 Å². The lowest BCUT2D eigenvalue weighted by molar-refractivity contribution is -0.113. The molecule has 0 saturated heterocycles. The SMILES string of the molecule is CCn1c(SCC(=O)Nc2sc3c(c2C(=O)OC)CCCCCC3)nnc1C(C)Oc1ccccc1. The van der Waals surface area contributed by atoms with Gasteiger partial charge in [0, 0.05) is 11.4 Å². The summed E-state index contributed by atoms with van der Waals surface area (Å²) in [5.74, 6) is 1.03. The predicted molar refractivity (Wildman–Crippen MR) is 142 cm³/mol. The summed E-state index contributed by atoms with van der Waals surface area (Å²) in [6.45, 7) is 4.59. The van der Waals surface area contributed by atoms with Gasteiger partial charge in [0.2, 0.25) is 5.91 Å². The molecule has 1 N–H and O–H groups in total. The third-order valence-corrected chi connectivity index (χ3v) is 8.30. The Balaban J connectivity index is 1.44. The number of hydrogen-bond acceptors (Lipinski definition) is 8. The van der Waals surface area contributed by atoms with Crippen molar-refractivity contribution in [2.24, 2.45) is 0 Å². The minimum absolute atomic E-state index is 0.148. The van der Waals surface area contributed by atoms with Crippen molar-refractivity contribution in [3.05, 3.63) is 52.2 Å². The van der Waals surface area contributed by atoms with Gasteiger partial charge in [-0.2, -0.15) is 0 Å². The molecule has 2 heterocycles. The van der Waals surface area contributed by atoms with Gasteiger partial charge >= 0.3 is 5.97 Å². The van der Waals surface area contributed by atoms with Gasteiger partial charge in [0.15, 0.2) is 17.1 Å². The number of rotatable bonds is 9. The number of benzene rings is 1. The first-order chi connectivity index (χ1) is 17.5. The highest BCUT2D eigenvalue weighted by atomic mass is 32.2. The Labute approximate surface area is 219 Å². The number of aryl methyl sites for hydroxylation is 1. The van der Waals surface area contributed by atoms with E-state index in [1.807, 2.05) is 48.7 Å². The molecule has 0 saturated carbocycles. The van der Waals surface area contributed by atoms with Crippen molar-refractivity contribution < 1.29 is 19.1 Å². The van der Waals surface area contributed by atoms with E-state index in [1.165, 1.54) is 41.5 Å². The second-order valence-electron chi connectivity index (χ2n) is 8.61. The van der Waals surface area contributed by atoms with Crippen LogP contribution in [0.5, 0.6) is 5.75 Å². The minimum Gasteiger partial charge on any atom is -0.483 e. The van der Waals surface area contributed by atoms with Crippen LogP contribution in [-0.2, 0) is 28.9 Å². The fraction of sp³-hybridized carbons (Fsp3) is 0.462. The molecule has 4 rings (SSSR count). The van der Waals surface area contributed by atoms with Gasteiger partial charge in [-0.25, -0.2) is 4.79 Å². The van der Waals surface area contributed by atoms with Crippen molar-refractivity contribution in [2.45, 2.75) is 70.2 Å². The van der Waals surface area contributed by atoms with E-state index in [0.717, 1.165) is 43.4 Å². The Kier molecular flexibility index (Phi) is 9.03. The Hall–Kier alpha value is -2.85. The highest BCUT2D eigenvalue weighted by Crippen LogP contribution is 2.37. The lowest BCUT2D eigenvalue weighted by atomic mass is 9.96. The van der Waals surface area contributed by atoms with Crippen molar-refractivity contribution in [1.82, 2.24) is 14.8 Å². The second-order valence-corrected chi connectivity index (χ2v) is 10.7. The summed E-state index contributed by atoms with van der Waals surface area (Å²) in [5.41, 5.74) is 1.56. The average Bonchev–Trinajstić information content (AvgIpc) is 3.43. The van der Waals surface area contributed by atoms with Crippen LogP contribution in [0.3, 0.4) is 0 Å². The van der Waals surface area contributed by atoms with Gasteiger partial charge in [0.25, 0.3) is 0 Å². The molecule has 8 nitrogen and oxygen atoms in total. The zero-order valence-corrected chi connectivity index (χ0v) is 22.5. The van der Waals surface area contributed by atoms with Crippen molar-refractivity contribution in [1.29, 1.82) is 0 Å². The summed E-state index contributed by atoms with van der Waals surface area (Å²) in [5, 5.41) is 12.8. The van der Waals surface area contributed by atoms with Crippen LogP contribution >= 0.6 is 23.1 Å². The van der Waals surface area contributed by atoms with Gasteiger partial charge in [-0.05, 0) is 57.2 Å². The molecule has 3 aromatic rings. The van der Waals surface area contributed by atoms with Gasteiger partial charge in [0.05, 0.1) is 18.4 Å². The van der Waals surface area contributed by atoms with Crippen LogP contribution < -0.4 is 10.1 Å². The van der Waals surface area contributed by atoms with E-state index in [4.69, 9.17) is 9.47 Å². The fourth-order valence-electron chi connectivity index (χ4n) is 4.38. The number of fused-ring (bicyclic) bond motifs is 1. The van der Waals surface area contributed by atoms with Gasteiger partial charge in [-0.1, -0.05) is 42.8 Å². The van der Waals surface area contributed by atoms with Gasteiger partial charge < -0.3 is 19.4 Å². The molecule has 10 heteroatoms. The summed E-state index contributed by atoms with van der Waals surface area (Å²) in [4.78, 5) is 26.7. The largest absolute Gasteiger partial charge is 0.483 e. The number of nitrogens with zero attached hydrogens (tertiary/aromatic N) is 3. The summed E-state index contributed by atoms with van der Waals surface area (Å²) >= 11 is 2.82. The first kappa shape index (κ1) is 26.2. The number of thiophene rings is 1. The molecule has 192 valence electrons. The maximum Gasteiger partial charge on any atom is 0.341 e. The number of nitrogens with one attached hydrogen (secondary N) is 1. The molecule has 2 aromatic heterocycles. The van der Waals surface area contributed by atoms with E-state index >= 15 is 0 Å². The lowest BCUT2D eigenvalue weighted by Crippen LogP contribution is -2.17. The number of anilines is 1. The molecule has 0 radical (unpaired) electrons. The van der Waals surface area contributed by atoms with Crippen LogP contribution in [0.15, 0.2) is 35.5 Å². The van der Waals surface area contributed by atoms with Crippen LogP contribution in [0.25, 0.3) is 0 Å². The Bertz CT molecular complexity index is 1190. The molecular formula is C26H32N4O4S2. The predicted octanol–water partition coefficient (Wildman–Crippen LogP) is 5.68. The van der Waals surface area contributed by atoms with Gasteiger partial charge in [-0.15, -0.1) is 21.5 Å². The van der Waals surface area contributed by atoms with E-state index < -0.39 is 5.97 Å². The first-order valence-electron chi connectivity index (χ1n) is 12.3. The van der Waals surface area contributed by atoms with Crippen molar-refractivity contribution >= 4 is 40.0 Å². The number of aromatic nitrogens is 3. The first-order valence-corrected chi connectivity index (χ1v) is 14.1. The molecule has 0 aliphatic heterocycles. The zero-order valence-electron chi connectivity index (χ0n) is 20.9. The Morgan fingerprint density at radius 3 is 2.61 bits per heavy atom. The van der Waals surface area contributed by atoms with Crippen LogP contribution in [-0.4, -0.2) is 39.5 Å². The number of ether oxygens (including phenoxy) is 2. The maximum absolute atomic E-state index is 12.9. The molecule has 1 atom stereocenters. The van der Waals surface area contributed by atoms with Crippen molar-refractivity contribution in [3.8, 4) is 5.75 Å². The van der Waals surface area contributed by atoms with E-state index in [2.05, 4.69) is 15.5 Å². The molecule has 0 spiro atoms. The number of thioether (sulfide) groups is 1. The molecule has 0 fully saturated rings.